The van der Waals surface area contributed by atoms with Crippen molar-refractivity contribution in [3.63, 3.8) is 0 Å². The Balaban J connectivity index is 1.02. The number of carbonyl (C=O) groups excluding carboxylic acids is 1. The Bertz CT molecular complexity index is 3040. The zero-order chi connectivity index (χ0) is 53.5. The molecule has 1 spiro atoms. The summed E-state index contributed by atoms with van der Waals surface area (Å²) in [6, 6.07) is 15.2. The predicted octanol–water partition coefficient (Wildman–Crippen LogP) is 11.6. The second kappa shape index (κ2) is 21.0. The van der Waals surface area contributed by atoms with E-state index in [1.165, 1.54) is 28.7 Å². The maximum absolute atomic E-state index is 15.3. The molecule has 0 aromatic heterocycles. The Morgan fingerprint density at radius 1 is 0.923 bits per heavy atom. The lowest BCUT2D eigenvalue weighted by Gasteiger charge is -2.50. The molecule has 412 valence electrons. The minimum absolute atomic E-state index is 0.000968. The Morgan fingerprint density at radius 3 is 2.60 bits per heavy atom. The number of ether oxygens (including phenoxy) is 2. The maximum atomic E-state index is 15.3. The molecule has 7 N–H and O–H groups in total. The van der Waals surface area contributed by atoms with E-state index in [4.69, 9.17) is 20.2 Å². The summed E-state index contributed by atoms with van der Waals surface area (Å²) >= 11 is 0. The molecule has 13 rings (SSSR count). The molecular weight excluding hydrogens is 971 g/mol. The van der Waals surface area contributed by atoms with Crippen molar-refractivity contribution in [2.75, 3.05) is 26.9 Å². The van der Waals surface area contributed by atoms with E-state index in [0.29, 0.717) is 62.3 Å². The van der Waals surface area contributed by atoms with Crippen LogP contribution in [0.5, 0.6) is 17.2 Å². The summed E-state index contributed by atoms with van der Waals surface area (Å²) in [4.78, 5) is 20.8. The van der Waals surface area contributed by atoms with Crippen molar-refractivity contribution in [1.29, 1.82) is 0 Å². The van der Waals surface area contributed by atoms with Gasteiger partial charge in [0, 0.05) is 53.9 Å². The van der Waals surface area contributed by atoms with E-state index in [1.54, 1.807) is 7.11 Å². The highest BCUT2D eigenvalue weighted by Gasteiger charge is 2.52. The number of Topliss-reactive ketones (excluding diaryl/α,β-unsaturated/α-hetero) is 1. The molecule has 4 fully saturated rings. The van der Waals surface area contributed by atoms with Gasteiger partial charge in [-0.25, -0.2) is 4.99 Å². The van der Waals surface area contributed by atoms with Crippen molar-refractivity contribution >= 4 is 11.7 Å². The first kappa shape index (κ1) is 52.1. The number of ketones is 1. The number of aliphatic imine (C=N–C) groups is 1. The molecule has 3 aromatic carbocycles. The number of carbonyl (C=O) groups is 1. The number of hydrogen-bond donors (Lipinski definition) is 6. The van der Waals surface area contributed by atoms with Crippen molar-refractivity contribution < 1.29 is 34.7 Å². The molecule has 4 saturated carbocycles. The van der Waals surface area contributed by atoms with Crippen molar-refractivity contribution in [2.24, 2.45) is 57.6 Å². The average Bonchev–Trinajstić information content (AvgIpc) is 4.00. The van der Waals surface area contributed by atoms with Gasteiger partial charge in [-0.05, 0) is 214 Å². The number of allylic oxidation sites excluding steroid dienone is 4. The molecule has 10 aliphatic rings. The van der Waals surface area contributed by atoms with Gasteiger partial charge in [0.2, 0.25) is 0 Å². The molecule has 13 unspecified atom stereocenters. The number of phenols is 2. The van der Waals surface area contributed by atoms with Crippen LogP contribution in [0.1, 0.15) is 191 Å². The van der Waals surface area contributed by atoms with Gasteiger partial charge in [0.05, 0.1) is 37.5 Å². The summed E-state index contributed by atoms with van der Waals surface area (Å²) in [6.45, 7) is 2.62. The van der Waals surface area contributed by atoms with Gasteiger partial charge in [0.1, 0.15) is 5.75 Å². The number of aliphatic hydroxyl groups is 2. The monoisotopic (exact) mass is 1050 g/mol. The Morgan fingerprint density at radius 2 is 1.77 bits per heavy atom. The Kier molecular flexibility index (Phi) is 14.0. The molecule has 0 saturated heterocycles. The lowest BCUT2D eigenvalue weighted by atomic mass is 9.55. The third kappa shape index (κ3) is 9.05. The van der Waals surface area contributed by atoms with E-state index in [1.807, 2.05) is 12.1 Å². The first-order valence-electron chi connectivity index (χ1n) is 30.4. The van der Waals surface area contributed by atoms with Crippen molar-refractivity contribution in [1.82, 2.24) is 5.32 Å². The zero-order valence-electron chi connectivity index (χ0n) is 46.2. The van der Waals surface area contributed by atoms with Crippen molar-refractivity contribution in [2.45, 2.75) is 177 Å². The number of nitrogens with one attached hydrogen (secondary N) is 1. The molecule has 1 aliphatic heterocycles. The molecular formula is C68H83N3O7. The fourth-order valence-electron chi connectivity index (χ4n) is 18.4. The van der Waals surface area contributed by atoms with E-state index >= 15 is 4.79 Å². The summed E-state index contributed by atoms with van der Waals surface area (Å²) in [5.74, 6) is 9.04. The molecule has 9 aliphatic carbocycles. The highest BCUT2D eigenvalue weighted by atomic mass is 16.5. The third-order valence-electron chi connectivity index (χ3n) is 21.7. The molecule has 10 heteroatoms. The van der Waals surface area contributed by atoms with Gasteiger partial charge in [-0.15, -0.1) is 0 Å². The standard InChI is InChI=1S/C68H83N3O7/c1-39-24-52-45-27-41(28-49(74)31-45)26-40-16-17-42-20-21-47-10-5-8-23-68(47,59(42)29-40)71-66(69)70-48-11-9-14-51-53(43-18-19-44-35-67(38-73)22-7-6-15-58(67)56(36-72)62(44)60(75)33-43)34-61(78-50-12-3-4-13-50)65(76)64(51)63-55(25-39)54(52)32-46(30-48)57(63)37-77-2/h7,16-17,22,27-29,31-32,34,39,43-44,46-48,50,52,55,57-58,63,72-74,76H,3-6,8,10-13,15,18-21,23-26,30,33,35-38H2,1-2H3,(H3,69,70,71). The van der Waals surface area contributed by atoms with Crippen LogP contribution in [0.3, 0.4) is 0 Å². The molecule has 8 bridgehead atoms. The van der Waals surface area contributed by atoms with E-state index in [2.05, 4.69) is 72.6 Å². The molecule has 0 radical (unpaired) electrons. The van der Waals surface area contributed by atoms with Crippen LogP contribution in [-0.4, -0.2) is 71.2 Å². The number of phenolic OH excluding ortho intramolecular Hbond substituents is 2. The normalized spacial score (nSPS) is 35.1. The van der Waals surface area contributed by atoms with Gasteiger partial charge in [-0.2, -0.15) is 0 Å². The zero-order valence-corrected chi connectivity index (χ0v) is 46.2. The van der Waals surface area contributed by atoms with Crippen LogP contribution in [-0.2, 0) is 27.9 Å². The van der Waals surface area contributed by atoms with Crippen LogP contribution < -0.4 is 15.8 Å². The third-order valence-corrected chi connectivity index (χ3v) is 21.7. The molecule has 10 nitrogen and oxygen atoms in total. The van der Waals surface area contributed by atoms with E-state index in [9.17, 15) is 20.4 Å². The largest absolute Gasteiger partial charge is 0.508 e. The van der Waals surface area contributed by atoms with Gasteiger partial charge in [-0.3, -0.25) is 4.79 Å². The van der Waals surface area contributed by atoms with Crippen LogP contribution in [0.2, 0.25) is 0 Å². The van der Waals surface area contributed by atoms with Crippen molar-refractivity contribution in [3.05, 3.63) is 122 Å². The molecule has 78 heavy (non-hydrogen) atoms. The van der Waals surface area contributed by atoms with Gasteiger partial charge >= 0.3 is 0 Å². The van der Waals surface area contributed by atoms with Gasteiger partial charge in [0.15, 0.2) is 23.2 Å². The highest BCUT2D eigenvalue weighted by Crippen LogP contribution is 2.61. The lowest BCUT2D eigenvalue weighted by Crippen LogP contribution is -2.57. The second-order valence-corrected chi connectivity index (χ2v) is 26.2. The van der Waals surface area contributed by atoms with Gasteiger partial charge < -0.3 is 41.0 Å². The fraction of sp³-hybridized carbons (Fsp3) is 0.588. The quantitative estimate of drug-likeness (QED) is 0.0997. The first-order chi connectivity index (χ1) is 38.0. The van der Waals surface area contributed by atoms with Gasteiger partial charge in [-0.1, -0.05) is 79.7 Å². The summed E-state index contributed by atoms with van der Waals surface area (Å²) in [6.07, 6.45) is 25.2. The maximum Gasteiger partial charge on any atom is 0.189 e. The molecule has 3 aromatic rings. The number of fused-ring (bicyclic) bond motifs is 11. The number of benzene rings is 3. The number of aryl methyl sites for hydroxylation is 1. The summed E-state index contributed by atoms with van der Waals surface area (Å²) < 4.78 is 13.4. The summed E-state index contributed by atoms with van der Waals surface area (Å²) in [7, 11) is 1.80. The number of methoxy groups -OCH3 is 1. The Labute approximate surface area is 462 Å². The number of aliphatic hydroxyl groups excluding tert-OH is 2. The Hall–Kier alpha value is -5.34. The number of hydrogen-bond acceptors (Lipinski definition) is 10. The lowest BCUT2D eigenvalue weighted by molar-refractivity contribution is -0.116. The van der Waals surface area contributed by atoms with Gasteiger partial charge in [0.25, 0.3) is 0 Å². The first-order valence-corrected chi connectivity index (χ1v) is 30.4. The number of aromatic hydroxyl groups is 2. The van der Waals surface area contributed by atoms with Crippen LogP contribution in [0.4, 0.5) is 0 Å². The summed E-state index contributed by atoms with van der Waals surface area (Å²) in [5, 5.41) is 51.4. The fourth-order valence-corrected chi connectivity index (χ4v) is 18.4. The number of rotatable bonds is 7. The number of nitrogens with two attached hydrogens (primary N) is 1. The minimum Gasteiger partial charge on any atom is -0.508 e. The van der Waals surface area contributed by atoms with Crippen LogP contribution >= 0.6 is 0 Å². The predicted molar refractivity (Wildman–Crippen MR) is 304 cm³/mol. The second-order valence-electron chi connectivity index (χ2n) is 26.2. The molecule has 0 amide bonds. The smallest absolute Gasteiger partial charge is 0.189 e. The number of guanidine groups is 1. The van der Waals surface area contributed by atoms with E-state index in [0.717, 1.165) is 129 Å². The molecule has 1 heterocycles. The van der Waals surface area contributed by atoms with Crippen LogP contribution in [0.15, 0.2) is 82.4 Å². The van der Waals surface area contributed by atoms with Crippen molar-refractivity contribution in [3.8, 4) is 29.1 Å². The van der Waals surface area contributed by atoms with Crippen LogP contribution in [0.25, 0.3) is 0 Å². The molecule has 13 atom stereocenters. The topological polar surface area (TPSA) is 167 Å². The SMILES string of the molecule is COCC1C2C=C3C4CC(C)CC3C1c1c(O)c(OC3CCCC3)cc(C3CCC5CC6(CO)C=CCCC6C(CO)=C5C(=O)C3)c1C#CCC(C2)N=C(N)NC12CCCCC1CCc1ccc(cc12)Cc1cc(O)cc4c1. The average molecular weight is 1050 g/mol. The minimum atomic E-state index is -0.493. The number of nitrogens with zero attached hydrogens (tertiary/aromatic N) is 1. The highest BCUT2D eigenvalue weighted by molar-refractivity contribution is 5.98. The van der Waals surface area contributed by atoms with E-state index < -0.39 is 5.41 Å². The van der Waals surface area contributed by atoms with E-state index in [-0.39, 0.29) is 102 Å². The summed E-state index contributed by atoms with van der Waals surface area (Å²) in [5.41, 5.74) is 18.2. The van der Waals surface area contributed by atoms with Crippen LogP contribution in [0, 0.1) is 58.7 Å².